The van der Waals surface area contributed by atoms with E-state index in [1.165, 1.54) is 11.5 Å². The standard InChI is InChI=1S/C21H32N2O3/c1-20-11-9-15-13(5-8-17-21(15,2)12-10-18(24)22-17)14(20)6-7-16(20)19(25)23(3)26-4/h10,12-17H,5-9,11H2,1-4H3,(H,22,24)/t13?,14?,15?,16-,17-,20+,21-/m1/s1. The van der Waals surface area contributed by atoms with Crippen LogP contribution in [0.1, 0.15) is 52.4 Å². The minimum absolute atomic E-state index is 0.0562. The zero-order valence-electron chi connectivity index (χ0n) is 16.5. The van der Waals surface area contributed by atoms with E-state index in [-0.39, 0.29) is 34.6 Å². The van der Waals surface area contributed by atoms with Gasteiger partial charge in [-0.2, -0.15) is 0 Å². The molecule has 4 aliphatic rings. The van der Waals surface area contributed by atoms with Gasteiger partial charge in [0.1, 0.15) is 0 Å². The first-order valence-electron chi connectivity index (χ1n) is 10.1. The van der Waals surface area contributed by atoms with E-state index in [4.69, 9.17) is 4.84 Å². The molecule has 2 amide bonds. The number of rotatable bonds is 2. The Hall–Kier alpha value is -1.36. The SMILES string of the molecule is CON(C)C(=O)[C@H]1CCC2C3CC[C@H]4NC(=O)C=C[C@]4(C)C3CC[C@@]21C. The molecule has 1 aliphatic heterocycles. The minimum atomic E-state index is 0.0562. The van der Waals surface area contributed by atoms with E-state index < -0.39 is 0 Å². The van der Waals surface area contributed by atoms with E-state index in [0.29, 0.717) is 17.8 Å². The quantitative estimate of drug-likeness (QED) is 0.770. The first-order valence-corrected chi connectivity index (χ1v) is 10.1. The van der Waals surface area contributed by atoms with Crippen LogP contribution in [0.4, 0.5) is 0 Å². The van der Waals surface area contributed by atoms with Gasteiger partial charge in [-0.05, 0) is 67.8 Å². The van der Waals surface area contributed by atoms with Crippen LogP contribution in [-0.4, -0.2) is 37.1 Å². The van der Waals surface area contributed by atoms with E-state index in [1.807, 2.05) is 0 Å². The van der Waals surface area contributed by atoms with Crippen molar-refractivity contribution < 1.29 is 14.4 Å². The van der Waals surface area contributed by atoms with Gasteiger partial charge >= 0.3 is 0 Å². The minimum Gasteiger partial charge on any atom is -0.349 e. The predicted octanol–water partition coefficient (Wildman–Crippen LogP) is 2.92. The molecule has 0 aromatic heterocycles. The van der Waals surface area contributed by atoms with Crippen molar-refractivity contribution in [3.63, 3.8) is 0 Å². The Morgan fingerprint density at radius 1 is 1.19 bits per heavy atom. The number of carbonyl (C=O) groups is 2. The van der Waals surface area contributed by atoms with E-state index in [0.717, 1.165) is 32.1 Å². The summed E-state index contributed by atoms with van der Waals surface area (Å²) in [5.41, 5.74) is 0.138. The highest BCUT2D eigenvalue weighted by molar-refractivity contribution is 5.89. The van der Waals surface area contributed by atoms with Crippen LogP contribution in [0, 0.1) is 34.5 Å². The Balaban J connectivity index is 1.61. The average Bonchev–Trinajstić information content (AvgIpc) is 2.98. The van der Waals surface area contributed by atoms with Crippen molar-refractivity contribution in [2.75, 3.05) is 14.2 Å². The smallest absolute Gasteiger partial charge is 0.249 e. The van der Waals surface area contributed by atoms with Gasteiger partial charge in [-0.15, -0.1) is 0 Å². The van der Waals surface area contributed by atoms with Crippen molar-refractivity contribution in [1.82, 2.24) is 10.4 Å². The number of hydrogen-bond donors (Lipinski definition) is 1. The summed E-state index contributed by atoms with van der Waals surface area (Å²) >= 11 is 0. The summed E-state index contributed by atoms with van der Waals surface area (Å²) in [6, 6.07) is 0.268. The number of carbonyl (C=O) groups excluding carboxylic acids is 2. The molecule has 5 nitrogen and oxygen atoms in total. The third-order valence-electron chi connectivity index (χ3n) is 8.57. The van der Waals surface area contributed by atoms with Crippen molar-refractivity contribution in [2.24, 2.45) is 34.5 Å². The Labute approximate surface area is 156 Å². The third kappa shape index (κ3) is 2.39. The summed E-state index contributed by atoms with van der Waals surface area (Å²) in [4.78, 5) is 29.9. The van der Waals surface area contributed by atoms with Gasteiger partial charge in [0.2, 0.25) is 11.8 Å². The Kier molecular flexibility index (Phi) is 4.22. The summed E-state index contributed by atoms with van der Waals surface area (Å²) in [6.45, 7) is 4.68. The predicted molar refractivity (Wildman–Crippen MR) is 98.7 cm³/mol. The van der Waals surface area contributed by atoms with Crippen LogP contribution in [0.25, 0.3) is 0 Å². The number of nitrogens with zero attached hydrogens (tertiary/aromatic N) is 1. The molecule has 3 saturated carbocycles. The van der Waals surface area contributed by atoms with E-state index in [2.05, 4.69) is 25.2 Å². The monoisotopic (exact) mass is 360 g/mol. The summed E-state index contributed by atoms with van der Waals surface area (Å²) in [5, 5.41) is 4.63. The van der Waals surface area contributed by atoms with Crippen LogP contribution in [0.15, 0.2) is 12.2 Å². The molecule has 144 valence electrons. The van der Waals surface area contributed by atoms with Crippen LogP contribution in [0.2, 0.25) is 0 Å². The molecule has 4 rings (SSSR count). The normalized spacial score (nSPS) is 46.8. The average molecular weight is 360 g/mol. The largest absolute Gasteiger partial charge is 0.349 e. The molecule has 0 saturated heterocycles. The Morgan fingerprint density at radius 2 is 1.96 bits per heavy atom. The topological polar surface area (TPSA) is 58.6 Å². The molecular formula is C21H32N2O3. The Bertz CT molecular complexity index is 647. The lowest BCUT2D eigenvalue weighted by atomic mass is 9.48. The second-order valence-electron chi connectivity index (χ2n) is 9.41. The highest BCUT2D eigenvalue weighted by Gasteiger charge is 2.61. The molecule has 1 N–H and O–H groups in total. The molecule has 3 fully saturated rings. The fourth-order valence-electron chi connectivity index (χ4n) is 7.05. The molecule has 26 heavy (non-hydrogen) atoms. The van der Waals surface area contributed by atoms with Crippen LogP contribution >= 0.6 is 0 Å². The first kappa shape index (κ1) is 18.0. The van der Waals surface area contributed by atoms with Gasteiger partial charge in [-0.1, -0.05) is 19.9 Å². The molecule has 3 unspecified atom stereocenters. The van der Waals surface area contributed by atoms with Gasteiger partial charge in [-0.25, -0.2) is 5.06 Å². The Morgan fingerprint density at radius 3 is 2.69 bits per heavy atom. The van der Waals surface area contributed by atoms with Crippen molar-refractivity contribution in [1.29, 1.82) is 0 Å². The van der Waals surface area contributed by atoms with Crippen LogP contribution in [-0.2, 0) is 14.4 Å². The van der Waals surface area contributed by atoms with Crippen LogP contribution in [0.3, 0.4) is 0 Å². The maximum Gasteiger partial charge on any atom is 0.249 e. The molecule has 7 atom stereocenters. The maximum absolute atomic E-state index is 12.9. The lowest BCUT2D eigenvalue weighted by Crippen LogP contribution is -2.59. The maximum atomic E-state index is 12.9. The zero-order chi connectivity index (χ0) is 18.7. The number of amides is 2. The van der Waals surface area contributed by atoms with Gasteiger partial charge < -0.3 is 5.32 Å². The van der Waals surface area contributed by atoms with Crippen molar-refractivity contribution in [3.8, 4) is 0 Å². The van der Waals surface area contributed by atoms with E-state index >= 15 is 0 Å². The second-order valence-corrected chi connectivity index (χ2v) is 9.41. The van der Waals surface area contributed by atoms with Gasteiger partial charge in [0.25, 0.3) is 0 Å². The third-order valence-corrected chi connectivity index (χ3v) is 8.57. The second kappa shape index (κ2) is 6.08. The highest BCUT2D eigenvalue weighted by Crippen LogP contribution is 2.65. The van der Waals surface area contributed by atoms with Gasteiger partial charge in [0.15, 0.2) is 0 Å². The van der Waals surface area contributed by atoms with Gasteiger partial charge in [-0.3, -0.25) is 14.4 Å². The number of hydrogen-bond acceptors (Lipinski definition) is 3. The summed E-state index contributed by atoms with van der Waals surface area (Å²) in [6.07, 6.45) is 10.5. The summed E-state index contributed by atoms with van der Waals surface area (Å²) in [7, 11) is 3.29. The first-order chi connectivity index (χ1) is 12.3. The van der Waals surface area contributed by atoms with Crippen LogP contribution < -0.4 is 5.32 Å². The number of hydroxylamine groups is 2. The number of nitrogens with one attached hydrogen (secondary N) is 1. The van der Waals surface area contributed by atoms with Crippen molar-refractivity contribution >= 4 is 11.8 Å². The summed E-state index contributed by atoms with van der Waals surface area (Å²) < 4.78 is 0. The molecule has 3 aliphatic carbocycles. The highest BCUT2D eigenvalue weighted by atomic mass is 16.7. The van der Waals surface area contributed by atoms with Crippen LogP contribution in [0.5, 0.6) is 0 Å². The van der Waals surface area contributed by atoms with E-state index in [1.54, 1.807) is 20.2 Å². The molecule has 0 radical (unpaired) electrons. The van der Waals surface area contributed by atoms with Crippen molar-refractivity contribution in [2.45, 2.75) is 58.4 Å². The molecule has 0 bridgehead atoms. The molecule has 0 aromatic rings. The summed E-state index contributed by atoms with van der Waals surface area (Å²) in [5.74, 6) is 2.13. The lowest BCUT2D eigenvalue weighted by molar-refractivity contribution is -0.179. The zero-order valence-corrected chi connectivity index (χ0v) is 16.5. The molecule has 5 heteroatoms. The van der Waals surface area contributed by atoms with Gasteiger partial charge in [0, 0.05) is 24.4 Å². The molecule has 0 aromatic carbocycles. The van der Waals surface area contributed by atoms with Gasteiger partial charge in [0.05, 0.1) is 7.11 Å². The molecule has 0 spiro atoms. The molecular weight excluding hydrogens is 328 g/mol. The van der Waals surface area contributed by atoms with E-state index in [9.17, 15) is 9.59 Å². The number of fused-ring (bicyclic) bond motifs is 5. The lowest BCUT2D eigenvalue weighted by Gasteiger charge is -2.58. The fraction of sp³-hybridized carbons (Fsp3) is 0.810. The fourth-order valence-corrected chi connectivity index (χ4v) is 7.05. The van der Waals surface area contributed by atoms with Crippen molar-refractivity contribution in [3.05, 3.63) is 12.2 Å². The molecule has 1 heterocycles.